The zero-order valence-electron chi connectivity index (χ0n) is 11.3. The van der Waals surface area contributed by atoms with Crippen molar-refractivity contribution in [1.82, 2.24) is 0 Å². The highest BCUT2D eigenvalue weighted by Gasteiger charge is 2.08. The van der Waals surface area contributed by atoms with E-state index in [9.17, 15) is 4.79 Å². The van der Waals surface area contributed by atoms with Crippen molar-refractivity contribution in [3.63, 3.8) is 0 Å². The minimum atomic E-state index is 0.207. The van der Waals surface area contributed by atoms with Gasteiger partial charge in [0.25, 0.3) is 0 Å². The van der Waals surface area contributed by atoms with Crippen molar-refractivity contribution >= 4 is 17.9 Å². The minimum Gasteiger partial charge on any atom is -0.496 e. The number of carbonyl (C=O) groups excluding carboxylic acids is 1. The van der Waals surface area contributed by atoms with E-state index in [-0.39, 0.29) is 6.61 Å². The van der Waals surface area contributed by atoms with Gasteiger partial charge in [-0.3, -0.25) is 4.79 Å². The molecular weight excluding hydrogens is 290 g/mol. The van der Waals surface area contributed by atoms with Crippen LogP contribution in [0.15, 0.2) is 36.4 Å². The molecule has 0 unspecified atom stereocenters. The first-order valence-electron chi connectivity index (χ1n) is 6.12. The molecule has 2 aromatic rings. The Morgan fingerprint density at radius 3 is 2.62 bits per heavy atom. The van der Waals surface area contributed by atoms with Crippen LogP contribution in [0.5, 0.6) is 11.5 Å². The summed E-state index contributed by atoms with van der Waals surface area (Å²) in [7, 11) is 1.55. The first-order valence-corrected chi connectivity index (χ1v) is 6.50. The number of nitriles is 1. The topological polar surface area (TPSA) is 59.3 Å². The van der Waals surface area contributed by atoms with Crippen molar-refractivity contribution in [3.05, 3.63) is 58.1 Å². The van der Waals surface area contributed by atoms with E-state index in [1.165, 1.54) is 6.07 Å². The molecule has 4 nitrogen and oxygen atoms in total. The largest absolute Gasteiger partial charge is 0.496 e. The quantitative estimate of drug-likeness (QED) is 0.792. The first kappa shape index (κ1) is 14.9. The molecule has 2 aromatic carbocycles. The number of rotatable bonds is 5. The van der Waals surface area contributed by atoms with Crippen molar-refractivity contribution in [2.45, 2.75) is 6.61 Å². The Bertz CT molecular complexity index is 707. The maximum Gasteiger partial charge on any atom is 0.150 e. The molecule has 0 saturated carbocycles. The van der Waals surface area contributed by atoms with E-state index in [0.717, 1.165) is 11.8 Å². The van der Waals surface area contributed by atoms with Crippen LogP contribution >= 0.6 is 11.6 Å². The van der Waals surface area contributed by atoms with Gasteiger partial charge in [0, 0.05) is 11.1 Å². The molecule has 5 heteroatoms. The molecule has 0 aliphatic carbocycles. The molecule has 0 heterocycles. The Balaban J connectivity index is 2.20. The summed E-state index contributed by atoms with van der Waals surface area (Å²) in [5.41, 5.74) is 1.75. The van der Waals surface area contributed by atoms with Gasteiger partial charge in [-0.1, -0.05) is 11.6 Å². The van der Waals surface area contributed by atoms with Crippen LogP contribution < -0.4 is 9.47 Å². The van der Waals surface area contributed by atoms with Gasteiger partial charge < -0.3 is 9.47 Å². The second-order valence-corrected chi connectivity index (χ2v) is 4.64. The number of methoxy groups -OCH3 is 1. The molecule has 0 spiro atoms. The average molecular weight is 302 g/mol. The lowest BCUT2D eigenvalue weighted by Crippen LogP contribution is -2.00. The lowest BCUT2D eigenvalue weighted by atomic mass is 10.1. The predicted octanol–water partition coefficient (Wildman–Crippen LogP) is 3.61. The zero-order valence-corrected chi connectivity index (χ0v) is 12.1. The summed E-state index contributed by atoms with van der Waals surface area (Å²) in [5, 5.41) is 9.28. The van der Waals surface area contributed by atoms with Gasteiger partial charge in [0.1, 0.15) is 24.4 Å². The van der Waals surface area contributed by atoms with Gasteiger partial charge in [0.05, 0.1) is 23.8 Å². The van der Waals surface area contributed by atoms with E-state index in [0.29, 0.717) is 27.6 Å². The molecular formula is C16H12ClNO3. The molecule has 0 aliphatic heterocycles. The summed E-state index contributed by atoms with van der Waals surface area (Å²) in [6, 6.07) is 11.9. The number of nitrogens with zero attached hydrogens (tertiary/aromatic N) is 1. The Morgan fingerprint density at radius 2 is 2.00 bits per heavy atom. The summed E-state index contributed by atoms with van der Waals surface area (Å²) < 4.78 is 10.9. The van der Waals surface area contributed by atoms with Crippen molar-refractivity contribution < 1.29 is 14.3 Å². The highest BCUT2D eigenvalue weighted by molar-refractivity contribution is 6.32. The Hall–Kier alpha value is -2.51. The lowest BCUT2D eigenvalue weighted by Gasteiger charge is -2.11. The molecule has 0 aromatic heterocycles. The zero-order chi connectivity index (χ0) is 15.2. The van der Waals surface area contributed by atoms with Crippen LogP contribution in [-0.4, -0.2) is 13.4 Å². The monoisotopic (exact) mass is 301 g/mol. The smallest absolute Gasteiger partial charge is 0.150 e. The lowest BCUT2D eigenvalue weighted by molar-refractivity contribution is 0.112. The van der Waals surface area contributed by atoms with E-state index in [1.807, 2.05) is 0 Å². The number of hydrogen-bond donors (Lipinski definition) is 0. The third kappa shape index (κ3) is 3.53. The van der Waals surface area contributed by atoms with Gasteiger partial charge >= 0.3 is 0 Å². The van der Waals surface area contributed by atoms with E-state index in [2.05, 4.69) is 6.07 Å². The SMILES string of the molecule is COc1ccc(C#N)cc1COc1ccc(C=O)cc1Cl. The molecule has 21 heavy (non-hydrogen) atoms. The Kier molecular flexibility index (Phi) is 4.81. The molecule has 0 radical (unpaired) electrons. The average Bonchev–Trinajstić information content (AvgIpc) is 2.53. The normalized spacial score (nSPS) is 9.76. The van der Waals surface area contributed by atoms with Gasteiger partial charge in [0.2, 0.25) is 0 Å². The van der Waals surface area contributed by atoms with Crippen LogP contribution in [0.2, 0.25) is 5.02 Å². The predicted molar refractivity (Wildman–Crippen MR) is 78.9 cm³/mol. The molecule has 0 atom stereocenters. The summed E-state index contributed by atoms with van der Waals surface area (Å²) in [4.78, 5) is 10.7. The first-order chi connectivity index (χ1) is 10.2. The van der Waals surface area contributed by atoms with Gasteiger partial charge in [-0.25, -0.2) is 0 Å². The molecule has 0 aliphatic rings. The summed E-state index contributed by atoms with van der Waals surface area (Å²) in [5.74, 6) is 1.10. The Morgan fingerprint density at radius 1 is 1.24 bits per heavy atom. The van der Waals surface area contributed by atoms with Crippen molar-refractivity contribution in [1.29, 1.82) is 5.26 Å². The summed E-state index contributed by atoms with van der Waals surface area (Å²) >= 11 is 6.04. The third-order valence-corrected chi connectivity index (χ3v) is 3.18. The highest BCUT2D eigenvalue weighted by Crippen LogP contribution is 2.27. The van der Waals surface area contributed by atoms with Crippen LogP contribution in [0.25, 0.3) is 0 Å². The second-order valence-electron chi connectivity index (χ2n) is 4.23. The second kappa shape index (κ2) is 6.78. The summed E-state index contributed by atoms with van der Waals surface area (Å²) in [6.45, 7) is 0.207. The van der Waals surface area contributed by atoms with Crippen LogP contribution in [0, 0.1) is 11.3 Å². The molecule has 106 valence electrons. The number of aldehydes is 1. The van der Waals surface area contributed by atoms with E-state index in [4.69, 9.17) is 26.3 Å². The number of hydrogen-bond acceptors (Lipinski definition) is 4. The molecule has 0 saturated heterocycles. The standard InChI is InChI=1S/C16H12ClNO3/c1-20-15-4-2-11(8-18)6-13(15)10-21-16-5-3-12(9-19)7-14(16)17/h2-7,9H,10H2,1H3. The van der Waals surface area contributed by atoms with Gasteiger partial charge in [-0.2, -0.15) is 5.26 Å². The van der Waals surface area contributed by atoms with Gasteiger partial charge in [-0.15, -0.1) is 0 Å². The fraction of sp³-hybridized carbons (Fsp3) is 0.125. The van der Waals surface area contributed by atoms with Crippen molar-refractivity contribution in [3.8, 4) is 17.6 Å². The van der Waals surface area contributed by atoms with Gasteiger partial charge in [0.15, 0.2) is 0 Å². The minimum absolute atomic E-state index is 0.207. The summed E-state index contributed by atoms with van der Waals surface area (Å²) in [6.07, 6.45) is 0.717. The number of halogens is 1. The molecule has 0 amide bonds. The number of benzene rings is 2. The Labute approximate surface area is 127 Å². The fourth-order valence-corrected chi connectivity index (χ4v) is 2.07. The van der Waals surface area contributed by atoms with E-state index < -0.39 is 0 Å². The van der Waals surface area contributed by atoms with Crippen molar-refractivity contribution in [2.75, 3.05) is 7.11 Å². The van der Waals surface area contributed by atoms with E-state index >= 15 is 0 Å². The third-order valence-electron chi connectivity index (χ3n) is 2.88. The van der Waals surface area contributed by atoms with Crippen LogP contribution in [-0.2, 0) is 6.61 Å². The molecule has 0 fully saturated rings. The van der Waals surface area contributed by atoms with Crippen molar-refractivity contribution in [2.24, 2.45) is 0 Å². The number of carbonyl (C=O) groups is 1. The van der Waals surface area contributed by atoms with Gasteiger partial charge in [-0.05, 0) is 36.4 Å². The molecule has 0 bridgehead atoms. The van der Waals surface area contributed by atoms with Crippen LogP contribution in [0.1, 0.15) is 21.5 Å². The fourth-order valence-electron chi connectivity index (χ4n) is 1.82. The number of ether oxygens (including phenoxy) is 2. The van der Waals surface area contributed by atoms with Crippen LogP contribution in [0.4, 0.5) is 0 Å². The highest BCUT2D eigenvalue weighted by atomic mass is 35.5. The molecule has 0 N–H and O–H groups in total. The van der Waals surface area contributed by atoms with Crippen LogP contribution in [0.3, 0.4) is 0 Å². The van der Waals surface area contributed by atoms with E-state index in [1.54, 1.807) is 37.4 Å². The molecule has 2 rings (SSSR count). The maximum absolute atomic E-state index is 10.7. The maximum atomic E-state index is 10.7.